The number of carbonyl (C=O) groups excluding carboxylic acids is 3. The number of nitriles is 1. The second-order valence-electron chi connectivity index (χ2n) is 7.70. The number of rotatable bonds is 8. The van der Waals surface area contributed by atoms with E-state index in [-0.39, 0.29) is 10.6 Å². The molecule has 1 aliphatic rings. The topological polar surface area (TPSA) is 118 Å². The Kier molecular flexibility index (Phi) is 8.83. The molecule has 0 aromatic heterocycles. The maximum atomic E-state index is 13.2. The molecule has 8 nitrogen and oxygen atoms in total. The number of halogens is 3. The first-order valence-corrected chi connectivity index (χ1v) is 11.9. The summed E-state index contributed by atoms with van der Waals surface area (Å²) in [5.74, 6) is -4.62. The van der Waals surface area contributed by atoms with Gasteiger partial charge in [0, 0.05) is 5.92 Å². The molecule has 2 atom stereocenters. The Morgan fingerprint density at radius 1 is 1.16 bits per heavy atom. The molecule has 0 spiro atoms. The number of alkyl halides is 3. The van der Waals surface area contributed by atoms with Crippen LogP contribution in [0.5, 0.6) is 5.75 Å². The smallest absolute Gasteiger partial charge is 0.418 e. The first kappa shape index (κ1) is 27.6. The number of esters is 1. The monoisotopic (exact) mass is 533 g/mol. The normalized spacial score (nSPS) is 17.5. The number of anilines is 1. The number of hydrogen-bond acceptors (Lipinski definition) is 7. The predicted octanol–water partition coefficient (Wildman–Crippen LogP) is 4.21. The van der Waals surface area contributed by atoms with Crippen LogP contribution in [0.1, 0.15) is 24.0 Å². The fourth-order valence-electron chi connectivity index (χ4n) is 3.78. The first-order valence-electron chi connectivity index (χ1n) is 10.9. The fourth-order valence-corrected chi connectivity index (χ4v) is 4.63. The number of methoxy groups -OCH3 is 1. The van der Waals surface area contributed by atoms with Gasteiger partial charge in [-0.1, -0.05) is 36.0 Å². The zero-order chi connectivity index (χ0) is 27.2. The highest BCUT2D eigenvalue weighted by atomic mass is 32.2. The van der Waals surface area contributed by atoms with E-state index in [1.807, 2.05) is 13.0 Å². The van der Waals surface area contributed by atoms with Gasteiger partial charge >= 0.3 is 12.1 Å². The van der Waals surface area contributed by atoms with Crippen LogP contribution < -0.4 is 15.4 Å². The Balaban J connectivity index is 1.89. The molecule has 2 unspecified atom stereocenters. The van der Waals surface area contributed by atoms with Crippen LogP contribution in [0, 0.1) is 17.2 Å². The summed E-state index contributed by atoms with van der Waals surface area (Å²) in [4.78, 5) is 37.8. The van der Waals surface area contributed by atoms with Gasteiger partial charge in [-0.05, 0) is 36.8 Å². The molecule has 3 rings (SSSR count). The molecule has 0 saturated heterocycles. The van der Waals surface area contributed by atoms with Crippen molar-refractivity contribution < 1.29 is 37.0 Å². The fraction of sp³-hybridized carbons (Fsp3) is 0.280. The van der Waals surface area contributed by atoms with Crippen LogP contribution in [-0.4, -0.2) is 37.3 Å². The summed E-state index contributed by atoms with van der Waals surface area (Å²) < 4.78 is 49.9. The van der Waals surface area contributed by atoms with Gasteiger partial charge in [-0.15, -0.1) is 0 Å². The molecule has 2 amide bonds. The van der Waals surface area contributed by atoms with Gasteiger partial charge in [-0.2, -0.15) is 18.4 Å². The Labute approximate surface area is 214 Å². The van der Waals surface area contributed by atoms with E-state index in [1.165, 1.54) is 12.1 Å². The van der Waals surface area contributed by atoms with E-state index in [2.05, 4.69) is 10.6 Å². The third kappa shape index (κ3) is 6.42. The first-order chi connectivity index (χ1) is 17.6. The SMILES string of the molecule is CCOc1ccc(C2C(C#N)=C(SCC(=O)Nc3ccccc3C(F)(F)F)NC(=O)C2C(=O)OC)cc1. The number of benzene rings is 2. The quantitative estimate of drug-likeness (QED) is 0.386. The minimum atomic E-state index is -4.67. The van der Waals surface area contributed by atoms with Crippen molar-refractivity contribution in [2.45, 2.75) is 19.0 Å². The molecule has 194 valence electrons. The number of hydrogen-bond donors (Lipinski definition) is 2. The number of nitrogens with zero attached hydrogens (tertiary/aromatic N) is 1. The lowest BCUT2D eigenvalue weighted by Crippen LogP contribution is -2.44. The molecule has 0 bridgehead atoms. The molecule has 2 aromatic carbocycles. The van der Waals surface area contributed by atoms with Gasteiger partial charge in [-0.25, -0.2) is 0 Å². The summed E-state index contributed by atoms with van der Waals surface area (Å²) in [5, 5.41) is 14.6. The van der Waals surface area contributed by atoms with Gasteiger partial charge in [0.1, 0.15) is 11.7 Å². The molecule has 2 N–H and O–H groups in total. The number of ether oxygens (including phenoxy) is 2. The van der Waals surface area contributed by atoms with Crippen molar-refractivity contribution in [1.82, 2.24) is 5.32 Å². The van der Waals surface area contributed by atoms with Crippen molar-refractivity contribution in [3.8, 4) is 11.8 Å². The van der Waals surface area contributed by atoms with Crippen LogP contribution in [0.3, 0.4) is 0 Å². The van der Waals surface area contributed by atoms with Gasteiger partial charge in [0.2, 0.25) is 11.8 Å². The maximum absolute atomic E-state index is 13.2. The van der Waals surface area contributed by atoms with Crippen molar-refractivity contribution in [2.24, 2.45) is 5.92 Å². The summed E-state index contributed by atoms with van der Waals surface area (Å²) in [7, 11) is 1.12. The lowest BCUT2D eigenvalue weighted by molar-refractivity contribution is -0.150. The lowest BCUT2D eigenvalue weighted by atomic mass is 9.78. The van der Waals surface area contributed by atoms with Crippen LogP contribution >= 0.6 is 11.8 Å². The molecule has 1 aliphatic heterocycles. The van der Waals surface area contributed by atoms with E-state index < -0.39 is 52.8 Å². The molecular weight excluding hydrogens is 511 g/mol. The van der Waals surface area contributed by atoms with Crippen molar-refractivity contribution in [3.05, 3.63) is 70.3 Å². The van der Waals surface area contributed by atoms with E-state index in [0.717, 1.165) is 31.0 Å². The second kappa shape index (κ2) is 11.8. The average Bonchev–Trinajstić information content (AvgIpc) is 2.87. The predicted molar refractivity (Wildman–Crippen MR) is 129 cm³/mol. The van der Waals surface area contributed by atoms with E-state index in [9.17, 15) is 32.8 Å². The van der Waals surface area contributed by atoms with Crippen molar-refractivity contribution >= 4 is 35.2 Å². The minimum Gasteiger partial charge on any atom is -0.494 e. The van der Waals surface area contributed by atoms with Gasteiger partial charge in [0.25, 0.3) is 0 Å². The average molecular weight is 534 g/mol. The minimum absolute atomic E-state index is 0.00708. The van der Waals surface area contributed by atoms with E-state index in [0.29, 0.717) is 17.9 Å². The van der Waals surface area contributed by atoms with E-state index in [4.69, 9.17) is 9.47 Å². The summed E-state index contributed by atoms with van der Waals surface area (Å²) in [5.41, 5.74) is -0.951. The highest BCUT2D eigenvalue weighted by molar-refractivity contribution is 8.03. The molecular formula is C25H22F3N3O5S. The molecule has 37 heavy (non-hydrogen) atoms. The molecule has 0 radical (unpaired) electrons. The van der Waals surface area contributed by atoms with Gasteiger partial charge in [-0.3, -0.25) is 14.4 Å². The number of para-hydroxylation sites is 1. The third-order valence-corrected chi connectivity index (χ3v) is 6.41. The Hall–Kier alpha value is -3.98. The number of nitrogens with one attached hydrogen (secondary N) is 2. The zero-order valence-electron chi connectivity index (χ0n) is 19.7. The number of allylic oxidation sites excluding steroid dienone is 1. The molecule has 12 heteroatoms. The highest BCUT2D eigenvalue weighted by Gasteiger charge is 2.44. The number of carbonyl (C=O) groups is 3. The zero-order valence-corrected chi connectivity index (χ0v) is 20.5. The van der Waals surface area contributed by atoms with Gasteiger partial charge in [0.15, 0.2) is 0 Å². The standard InChI is InChI=1S/C25H22F3N3O5S/c1-3-36-15-10-8-14(9-11-15)20-16(12-29)23(31-22(33)21(20)24(34)35-2)37-13-19(32)30-18-7-5-4-6-17(18)25(26,27)28/h4-11,20-21H,3,13H2,1-2H3,(H,30,32)(H,31,33). The van der Waals surface area contributed by atoms with Crippen molar-refractivity contribution in [2.75, 3.05) is 24.8 Å². The number of thioether (sulfide) groups is 1. The van der Waals surface area contributed by atoms with Crippen LogP contribution in [0.25, 0.3) is 0 Å². The van der Waals surface area contributed by atoms with Crippen LogP contribution in [0.4, 0.5) is 18.9 Å². The van der Waals surface area contributed by atoms with E-state index >= 15 is 0 Å². The lowest BCUT2D eigenvalue weighted by Gasteiger charge is -2.31. The Bertz CT molecular complexity index is 1260. The van der Waals surface area contributed by atoms with Crippen LogP contribution in [-0.2, 0) is 25.3 Å². The second-order valence-corrected chi connectivity index (χ2v) is 8.69. The maximum Gasteiger partial charge on any atom is 0.418 e. The summed E-state index contributed by atoms with van der Waals surface area (Å²) in [6, 6.07) is 13.0. The summed E-state index contributed by atoms with van der Waals surface area (Å²) in [6.45, 7) is 2.24. The third-order valence-electron chi connectivity index (χ3n) is 5.39. The van der Waals surface area contributed by atoms with Crippen LogP contribution in [0.15, 0.2) is 59.1 Å². The van der Waals surface area contributed by atoms with Gasteiger partial charge in [0.05, 0.1) is 47.4 Å². The highest BCUT2D eigenvalue weighted by Crippen LogP contribution is 2.41. The largest absolute Gasteiger partial charge is 0.494 e. The summed E-state index contributed by atoms with van der Waals surface area (Å²) >= 11 is 0.761. The molecule has 0 aliphatic carbocycles. The van der Waals surface area contributed by atoms with Gasteiger partial charge < -0.3 is 20.1 Å². The summed E-state index contributed by atoms with van der Waals surface area (Å²) in [6.07, 6.45) is -4.67. The van der Waals surface area contributed by atoms with E-state index in [1.54, 1.807) is 24.3 Å². The molecule has 0 saturated carbocycles. The number of amides is 2. The van der Waals surface area contributed by atoms with Crippen LogP contribution in [0.2, 0.25) is 0 Å². The van der Waals surface area contributed by atoms with Crippen molar-refractivity contribution in [3.63, 3.8) is 0 Å². The Morgan fingerprint density at radius 3 is 2.43 bits per heavy atom. The molecule has 2 aromatic rings. The molecule has 0 fully saturated rings. The van der Waals surface area contributed by atoms with Crippen molar-refractivity contribution in [1.29, 1.82) is 5.26 Å². The Morgan fingerprint density at radius 2 is 1.84 bits per heavy atom. The molecule has 1 heterocycles.